The van der Waals surface area contributed by atoms with Crippen LogP contribution in [-0.4, -0.2) is 34.9 Å². The molecule has 1 aromatic carbocycles. The van der Waals surface area contributed by atoms with E-state index in [0.717, 1.165) is 0 Å². The number of rotatable bonds is 2. The Kier molecular flexibility index (Phi) is 5.85. The van der Waals surface area contributed by atoms with Crippen molar-refractivity contribution in [3.8, 4) is 0 Å². The molecule has 0 bridgehead atoms. The summed E-state index contributed by atoms with van der Waals surface area (Å²) in [6.45, 7) is 0. The standard InChI is InChI=1S/C12H4BrF13O2/c13-6-4(7(27,9(15,16)17)10(18,19)20)1-3(14)2-5(6)8(28,11(21,22)23)12(24,25)26/h1-2,27-28H. The number of hydrogen-bond acceptors (Lipinski definition) is 2. The third kappa shape index (κ3) is 3.53. The van der Waals surface area contributed by atoms with Crippen LogP contribution in [0.3, 0.4) is 0 Å². The zero-order valence-electron chi connectivity index (χ0n) is 12.3. The lowest BCUT2D eigenvalue weighted by atomic mass is 9.85. The molecule has 2 N–H and O–H groups in total. The normalized spacial score (nSPS) is 15.1. The van der Waals surface area contributed by atoms with Gasteiger partial charge in [-0.05, 0) is 28.1 Å². The highest BCUT2D eigenvalue weighted by atomic mass is 79.9. The van der Waals surface area contributed by atoms with Crippen LogP contribution in [0.2, 0.25) is 0 Å². The molecule has 0 atom stereocenters. The lowest BCUT2D eigenvalue weighted by Crippen LogP contribution is -2.56. The molecule has 0 amide bonds. The number of hydrogen-bond donors (Lipinski definition) is 2. The van der Waals surface area contributed by atoms with E-state index in [4.69, 9.17) is 10.2 Å². The van der Waals surface area contributed by atoms with Crippen molar-refractivity contribution >= 4 is 15.9 Å². The SMILES string of the molecule is OC(c1cc(F)cc(C(O)(C(F)(F)F)C(F)(F)F)c1Br)(C(F)(F)F)C(F)(F)F. The summed E-state index contributed by atoms with van der Waals surface area (Å²) >= 11 is 1.67. The van der Waals surface area contributed by atoms with E-state index in [-0.39, 0.29) is 0 Å². The number of aliphatic hydroxyl groups is 2. The van der Waals surface area contributed by atoms with Crippen molar-refractivity contribution in [1.82, 2.24) is 0 Å². The van der Waals surface area contributed by atoms with Gasteiger partial charge in [0.05, 0.1) is 0 Å². The first kappa shape index (κ1) is 24.7. The van der Waals surface area contributed by atoms with E-state index in [9.17, 15) is 57.1 Å². The van der Waals surface area contributed by atoms with Gasteiger partial charge in [-0.15, -0.1) is 0 Å². The second-order valence-electron chi connectivity index (χ2n) is 5.23. The van der Waals surface area contributed by atoms with Crippen molar-refractivity contribution in [3.63, 3.8) is 0 Å². The molecule has 162 valence electrons. The van der Waals surface area contributed by atoms with Crippen LogP contribution in [0.25, 0.3) is 0 Å². The first-order chi connectivity index (χ1) is 12.0. The Morgan fingerprint density at radius 1 is 0.571 bits per heavy atom. The minimum atomic E-state index is -6.76. The fourth-order valence-electron chi connectivity index (χ4n) is 2.05. The molecule has 0 aliphatic carbocycles. The molecule has 28 heavy (non-hydrogen) atoms. The Morgan fingerprint density at radius 3 is 0.964 bits per heavy atom. The molecule has 0 saturated carbocycles. The minimum absolute atomic E-state index is 0.776. The first-order valence-corrected chi connectivity index (χ1v) is 7.04. The highest BCUT2D eigenvalue weighted by Crippen LogP contribution is 2.56. The molecule has 2 nitrogen and oxygen atoms in total. The van der Waals surface area contributed by atoms with Gasteiger partial charge in [0.1, 0.15) is 5.82 Å². The van der Waals surface area contributed by atoms with Crippen LogP contribution in [0.5, 0.6) is 0 Å². The molecule has 0 saturated heterocycles. The molecule has 0 spiro atoms. The van der Waals surface area contributed by atoms with Crippen LogP contribution in [0.1, 0.15) is 11.1 Å². The topological polar surface area (TPSA) is 40.5 Å². The van der Waals surface area contributed by atoms with Gasteiger partial charge in [0.2, 0.25) is 0 Å². The third-order valence-corrected chi connectivity index (χ3v) is 4.31. The van der Waals surface area contributed by atoms with Crippen molar-refractivity contribution < 1.29 is 67.3 Å². The molecule has 1 aromatic rings. The second-order valence-corrected chi connectivity index (χ2v) is 6.02. The van der Waals surface area contributed by atoms with Gasteiger partial charge in [-0.25, -0.2) is 4.39 Å². The summed E-state index contributed by atoms with van der Waals surface area (Å²) in [5, 5.41) is 18.3. The van der Waals surface area contributed by atoms with Crippen molar-refractivity contribution in [2.75, 3.05) is 0 Å². The van der Waals surface area contributed by atoms with Crippen molar-refractivity contribution in [3.05, 3.63) is 33.5 Å². The van der Waals surface area contributed by atoms with E-state index in [1.165, 1.54) is 0 Å². The number of halogens is 14. The molecule has 0 aromatic heterocycles. The van der Waals surface area contributed by atoms with E-state index >= 15 is 0 Å². The lowest BCUT2D eigenvalue weighted by Gasteiger charge is -2.37. The maximum Gasteiger partial charge on any atom is 0.430 e. The largest absolute Gasteiger partial charge is 0.430 e. The summed E-state index contributed by atoms with van der Waals surface area (Å²) in [6.07, 6.45) is -27.0. The Balaban J connectivity index is 4.12. The van der Waals surface area contributed by atoms with Gasteiger partial charge in [0.25, 0.3) is 11.2 Å². The van der Waals surface area contributed by atoms with Crippen LogP contribution >= 0.6 is 15.9 Å². The van der Waals surface area contributed by atoms with Gasteiger partial charge < -0.3 is 10.2 Å². The zero-order chi connectivity index (χ0) is 22.7. The van der Waals surface area contributed by atoms with E-state index in [2.05, 4.69) is 0 Å². The summed E-state index contributed by atoms with van der Waals surface area (Å²) in [6, 6.07) is -1.55. The number of benzene rings is 1. The highest BCUT2D eigenvalue weighted by molar-refractivity contribution is 9.10. The van der Waals surface area contributed by atoms with E-state index in [1.54, 1.807) is 15.9 Å². The monoisotopic (exact) mass is 506 g/mol. The summed E-state index contributed by atoms with van der Waals surface area (Å²) < 4.78 is 166. The Morgan fingerprint density at radius 2 is 0.786 bits per heavy atom. The molecule has 0 unspecified atom stereocenters. The summed E-state index contributed by atoms with van der Waals surface area (Å²) in [7, 11) is 0. The fraction of sp³-hybridized carbons (Fsp3) is 0.500. The Bertz CT molecular complexity index is 657. The van der Waals surface area contributed by atoms with Crippen molar-refractivity contribution in [1.29, 1.82) is 0 Å². The van der Waals surface area contributed by atoms with Crippen LogP contribution in [0.15, 0.2) is 16.6 Å². The van der Waals surface area contributed by atoms with Crippen LogP contribution in [0.4, 0.5) is 57.1 Å². The van der Waals surface area contributed by atoms with Gasteiger partial charge in [0, 0.05) is 15.6 Å². The van der Waals surface area contributed by atoms with Crippen molar-refractivity contribution in [2.45, 2.75) is 35.9 Å². The zero-order valence-corrected chi connectivity index (χ0v) is 13.9. The average Bonchev–Trinajstić information content (AvgIpc) is 2.42. The Labute approximate surface area is 153 Å². The van der Waals surface area contributed by atoms with E-state index in [1.807, 2.05) is 0 Å². The van der Waals surface area contributed by atoms with Crippen LogP contribution < -0.4 is 0 Å². The molecular weight excluding hydrogens is 503 g/mol. The van der Waals surface area contributed by atoms with Gasteiger partial charge >= 0.3 is 24.7 Å². The van der Waals surface area contributed by atoms with Gasteiger partial charge in [0.15, 0.2) is 0 Å². The van der Waals surface area contributed by atoms with Crippen LogP contribution in [0, 0.1) is 5.82 Å². The van der Waals surface area contributed by atoms with Gasteiger partial charge in [-0.3, -0.25) is 0 Å². The summed E-state index contributed by atoms with van der Waals surface area (Å²) in [5.41, 5.74) is -17.7. The smallest absolute Gasteiger partial charge is 0.369 e. The predicted octanol–water partition coefficient (Wildman–Crippen LogP) is 5.21. The Hall–Kier alpha value is -1.29. The molecule has 0 fully saturated rings. The van der Waals surface area contributed by atoms with E-state index < -0.39 is 69.5 Å². The maximum atomic E-state index is 13.5. The lowest BCUT2D eigenvalue weighted by molar-refractivity contribution is -0.378. The van der Waals surface area contributed by atoms with Gasteiger partial charge in [-0.2, -0.15) is 52.7 Å². The van der Waals surface area contributed by atoms with E-state index in [0.29, 0.717) is 0 Å². The predicted molar refractivity (Wildman–Crippen MR) is 66.1 cm³/mol. The van der Waals surface area contributed by atoms with Gasteiger partial charge in [-0.1, -0.05) is 0 Å². The maximum absolute atomic E-state index is 13.5. The highest BCUT2D eigenvalue weighted by Gasteiger charge is 2.75. The summed E-state index contributed by atoms with van der Waals surface area (Å²) in [4.78, 5) is 0. The number of alkyl halides is 12. The van der Waals surface area contributed by atoms with Crippen LogP contribution in [-0.2, 0) is 11.2 Å². The molecule has 0 radical (unpaired) electrons. The molecule has 0 aliphatic rings. The minimum Gasteiger partial charge on any atom is -0.369 e. The molecule has 1 rings (SSSR count). The van der Waals surface area contributed by atoms with Crippen molar-refractivity contribution in [2.24, 2.45) is 0 Å². The average molecular weight is 507 g/mol. The quantitative estimate of drug-likeness (QED) is 0.540. The first-order valence-electron chi connectivity index (χ1n) is 6.25. The molecule has 0 heterocycles. The molecule has 16 heteroatoms. The molecular formula is C12H4BrF13O2. The third-order valence-electron chi connectivity index (χ3n) is 3.46. The molecule has 0 aliphatic heterocycles. The fourth-order valence-corrected chi connectivity index (χ4v) is 2.85. The summed E-state index contributed by atoms with van der Waals surface area (Å²) in [5.74, 6) is -2.47. The second kappa shape index (κ2) is 6.62.